The second-order valence-electron chi connectivity index (χ2n) is 4.51. The first-order valence-corrected chi connectivity index (χ1v) is 6.28. The third kappa shape index (κ3) is 2.60. The number of nitrogens with one attached hydrogen (secondary N) is 1. The molecular weight excluding hydrogens is 230 g/mol. The molecule has 1 heterocycles. The molecule has 4 nitrogen and oxygen atoms in total. The molecule has 1 aromatic carbocycles. The third-order valence-corrected chi connectivity index (χ3v) is 3.42. The van der Waals surface area contributed by atoms with Crippen molar-refractivity contribution in [2.45, 2.75) is 12.5 Å². The van der Waals surface area contributed by atoms with Gasteiger partial charge in [-0.2, -0.15) is 0 Å². The van der Waals surface area contributed by atoms with Crippen LogP contribution in [0.3, 0.4) is 0 Å². The Morgan fingerprint density at radius 3 is 2.72 bits per heavy atom. The summed E-state index contributed by atoms with van der Waals surface area (Å²) in [6, 6.07) is 6.00. The first-order chi connectivity index (χ1) is 8.80. The van der Waals surface area contributed by atoms with Gasteiger partial charge in [0, 0.05) is 19.1 Å². The highest BCUT2D eigenvalue weighted by molar-refractivity contribution is 5.43. The molecule has 2 unspecified atom stereocenters. The zero-order valence-electron chi connectivity index (χ0n) is 11.2. The predicted molar refractivity (Wildman–Crippen MR) is 70.3 cm³/mol. The van der Waals surface area contributed by atoms with E-state index in [4.69, 9.17) is 14.2 Å². The van der Waals surface area contributed by atoms with Crippen LogP contribution in [0.1, 0.15) is 18.1 Å². The third-order valence-electron chi connectivity index (χ3n) is 3.42. The second-order valence-corrected chi connectivity index (χ2v) is 4.51. The molecular formula is C14H21NO3. The summed E-state index contributed by atoms with van der Waals surface area (Å²) in [6.45, 7) is 1.80. The molecule has 4 heteroatoms. The monoisotopic (exact) mass is 251 g/mol. The molecule has 0 radical (unpaired) electrons. The number of hydrogen-bond acceptors (Lipinski definition) is 4. The molecule has 1 saturated heterocycles. The summed E-state index contributed by atoms with van der Waals surface area (Å²) in [5.74, 6) is 2.03. The van der Waals surface area contributed by atoms with Crippen LogP contribution < -0.4 is 14.8 Å². The Labute approximate surface area is 108 Å². The van der Waals surface area contributed by atoms with Gasteiger partial charge in [-0.3, -0.25) is 0 Å². The molecule has 1 aliphatic heterocycles. The Hall–Kier alpha value is -1.26. The molecule has 0 aromatic heterocycles. The number of benzene rings is 1. The van der Waals surface area contributed by atoms with Crippen LogP contribution >= 0.6 is 0 Å². The van der Waals surface area contributed by atoms with Crippen molar-refractivity contribution in [1.29, 1.82) is 0 Å². The normalized spacial score (nSPS) is 23.1. The van der Waals surface area contributed by atoms with E-state index < -0.39 is 0 Å². The van der Waals surface area contributed by atoms with Gasteiger partial charge in [-0.15, -0.1) is 0 Å². The molecule has 2 atom stereocenters. The fourth-order valence-corrected chi connectivity index (χ4v) is 2.50. The molecule has 1 aromatic rings. The summed E-state index contributed by atoms with van der Waals surface area (Å²) in [5.41, 5.74) is 1.16. The number of rotatable bonds is 5. The maximum atomic E-state index is 5.84. The quantitative estimate of drug-likeness (QED) is 0.869. The van der Waals surface area contributed by atoms with Gasteiger partial charge in [0.05, 0.1) is 20.3 Å². The molecule has 1 aliphatic rings. The summed E-state index contributed by atoms with van der Waals surface area (Å²) < 4.78 is 16.4. The van der Waals surface area contributed by atoms with E-state index in [-0.39, 0.29) is 6.10 Å². The van der Waals surface area contributed by atoms with Crippen LogP contribution in [0.4, 0.5) is 0 Å². The van der Waals surface area contributed by atoms with Crippen molar-refractivity contribution >= 4 is 0 Å². The topological polar surface area (TPSA) is 39.7 Å². The molecule has 0 amide bonds. The molecule has 0 spiro atoms. The van der Waals surface area contributed by atoms with Crippen LogP contribution in [0.5, 0.6) is 11.5 Å². The molecule has 1 fully saturated rings. The second kappa shape index (κ2) is 6.07. The van der Waals surface area contributed by atoms with Crippen molar-refractivity contribution in [2.24, 2.45) is 5.92 Å². The van der Waals surface area contributed by atoms with Gasteiger partial charge in [-0.25, -0.2) is 0 Å². The zero-order valence-corrected chi connectivity index (χ0v) is 11.2. The van der Waals surface area contributed by atoms with E-state index in [0.717, 1.165) is 36.6 Å². The van der Waals surface area contributed by atoms with Crippen molar-refractivity contribution in [3.8, 4) is 11.5 Å². The molecule has 2 rings (SSSR count). The highest BCUT2D eigenvalue weighted by Crippen LogP contribution is 2.38. The predicted octanol–water partition coefficient (Wildman–Crippen LogP) is 2.00. The number of methoxy groups -OCH3 is 2. The highest BCUT2D eigenvalue weighted by atomic mass is 16.5. The number of ether oxygens (including phenoxy) is 3. The van der Waals surface area contributed by atoms with E-state index in [2.05, 4.69) is 11.4 Å². The minimum atomic E-state index is 0.150. The van der Waals surface area contributed by atoms with Crippen LogP contribution in [-0.4, -0.2) is 34.4 Å². The molecule has 18 heavy (non-hydrogen) atoms. The van der Waals surface area contributed by atoms with Gasteiger partial charge in [-0.1, -0.05) is 6.07 Å². The molecule has 100 valence electrons. The fraction of sp³-hybridized carbons (Fsp3) is 0.571. The summed E-state index contributed by atoms with van der Waals surface area (Å²) in [4.78, 5) is 0. The maximum Gasteiger partial charge on any atom is 0.161 e. The van der Waals surface area contributed by atoms with E-state index in [1.807, 2.05) is 19.2 Å². The van der Waals surface area contributed by atoms with Gasteiger partial charge in [0.1, 0.15) is 0 Å². The lowest BCUT2D eigenvalue weighted by molar-refractivity contribution is 0.0907. The van der Waals surface area contributed by atoms with Crippen molar-refractivity contribution in [1.82, 2.24) is 5.32 Å². The SMILES string of the molecule is CNCC1CCOC1c1ccc(OC)c(OC)c1. The van der Waals surface area contributed by atoms with Gasteiger partial charge in [0.2, 0.25) is 0 Å². The largest absolute Gasteiger partial charge is 0.493 e. The van der Waals surface area contributed by atoms with E-state index >= 15 is 0 Å². The Bertz CT molecular complexity index is 395. The Balaban J connectivity index is 2.22. The van der Waals surface area contributed by atoms with E-state index in [1.54, 1.807) is 14.2 Å². The van der Waals surface area contributed by atoms with Crippen molar-refractivity contribution in [3.63, 3.8) is 0 Å². The Morgan fingerprint density at radius 1 is 1.28 bits per heavy atom. The first-order valence-electron chi connectivity index (χ1n) is 6.28. The summed E-state index contributed by atoms with van der Waals surface area (Å²) in [7, 11) is 5.28. The Morgan fingerprint density at radius 2 is 2.06 bits per heavy atom. The molecule has 0 saturated carbocycles. The zero-order chi connectivity index (χ0) is 13.0. The maximum absolute atomic E-state index is 5.84. The highest BCUT2D eigenvalue weighted by Gasteiger charge is 2.29. The average Bonchev–Trinajstić information content (AvgIpc) is 2.86. The lowest BCUT2D eigenvalue weighted by atomic mass is 9.95. The van der Waals surface area contributed by atoms with Crippen molar-refractivity contribution < 1.29 is 14.2 Å². The van der Waals surface area contributed by atoms with Gasteiger partial charge >= 0.3 is 0 Å². The van der Waals surface area contributed by atoms with Crippen LogP contribution in [0.15, 0.2) is 18.2 Å². The van der Waals surface area contributed by atoms with Crippen LogP contribution in [0.25, 0.3) is 0 Å². The summed E-state index contributed by atoms with van der Waals surface area (Å²) >= 11 is 0. The van der Waals surface area contributed by atoms with E-state index in [9.17, 15) is 0 Å². The van der Waals surface area contributed by atoms with E-state index in [1.165, 1.54) is 0 Å². The smallest absolute Gasteiger partial charge is 0.161 e. The molecule has 0 bridgehead atoms. The standard InChI is InChI=1S/C14H21NO3/c1-15-9-11-6-7-18-14(11)10-4-5-12(16-2)13(8-10)17-3/h4-5,8,11,14-15H,6-7,9H2,1-3H3. The van der Waals surface area contributed by atoms with Gasteiger partial charge in [0.15, 0.2) is 11.5 Å². The minimum Gasteiger partial charge on any atom is -0.493 e. The molecule has 1 N–H and O–H groups in total. The average molecular weight is 251 g/mol. The lowest BCUT2D eigenvalue weighted by Gasteiger charge is -2.19. The van der Waals surface area contributed by atoms with Crippen LogP contribution in [0.2, 0.25) is 0 Å². The van der Waals surface area contributed by atoms with E-state index in [0.29, 0.717) is 5.92 Å². The number of hydrogen-bond donors (Lipinski definition) is 1. The van der Waals surface area contributed by atoms with Crippen LogP contribution in [0, 0.1) is 5.92 Å². The Kier molecular flexibility index (Phi) is 4.44. The minimum absolute atomic E-state index is 0.150. The van der Waals surface area contributed by atoms with Crippen molar-refractivity contribution in [2.75, 3.05) is 34.4 Å². The van der Waals surface area contributed by atoms with Gasteiger partial charge in [-0.05, 0) is 31.2 Å². The van der Waals surface area contributed by atoms with Crippen molar-refractivity contribution in [3.05, 3.63) is 23.8 Å². The fourth-order valence-electron chi connectivity index (χ4n) is 2.50. The summed E-state index contributed by atoms with van der Waals surface area (Å²) in [6.07, 6.45) is 1.25. The van der Waals surface area contributed by atoms with Crippen LogP contribution in [-0.2, 0) is 4.74 Å². The summed E-state index contributed by atoms with van der Waals surface area (Å²) in [5, 5.41) is 3.22. The first kappa shape index (κ1) is 13.2. The lowest BCUT2D eigenvalue weighted by Crippen LogP contribution is -2.21. The van der Waals surface area contributed by atoms with Gasteiger partial charge < -0.3 is 19.5 Å². The molecule has 0 aliphatic carbocycles. The van der Waals surface area contributed by atoms with Gasteiger partial charge in [0.25, 0.3) is 0 Å².